The van der Waals surface area contributed by atoms with Crippen molar-refractivity contribution < 1.29 is 4.79 Å². The van der Waals surface area contributed by atoms with Crippen molar-refractivity contribution in [2.24, 2.45) is 23.2 Å². The molecule has 1 heterocycles. The van der Waals surface area contributed by atoms with E-state index in [1.165, 1.54) is 32.1 Å². The Morgan fingerprint density at radius 2 is 1.94 bits per heavy atom. The monoisotopic (exact) mass is 219 g/mol. The Bertz CT molecular complexity index is 337. The standard InChI is InChI=1S/C14H21NO/c1-2-15-12(16)8-14-6-9-3-10(7-14)5-11(4-9)13(14)15/h9-11,13H,2-8H2,1H3. The maximum atomic E-state index is 12.2. The van der Waals surface area contributed by atoms with Crippen molar-refractivity contribution in [1.29, 1.82) is 0 Å². The molecule has 2 heteroatoms. The topological polar surface area (TPSA) is 20.3 Å². The fraction of sp³-hybridized carbons (Fsp3) is 0.929. The first kappa shape index (κ1) is 9.49. The van der Waals surface area contributed by atoms with Gasteiger partial charge in [0.05, 0.1) is 0 Å². The van der Waals surface area contributed by atoms with Crippen LogP contribution in [0.25, 0.3) is 0 Å². The summed E-state index contributed by atoms with van der Waals surface area (Å²) in [5.74, 6) is 3.26. The van der Waals surface area contributed by atoms with Crippen molar-refractivity contribution in [1.82, 2.24) is 4.90 Å². The Kier molecular flexibility index (Phi) is 1.68. The highest BCUT2D eigenvalue weighted by Gasteiger charge is 2.63. The molecule has 4 saturated carbocycles. The maximum absolute atomic E-state index is 12.2. The van der Waals surface area contributed by atoms with Gasteiger partial charge in [0.15, 0.2) is 0 Å². The Morgan fingerprint density at radius 3 is 2.56 bits per heavy atom. The molecule has 4 aliphatic carbocycles. The minimum atomic E-state index is 0.432. The van der Waals surface area contributed by atoms with E-state index in [1.807, 2.05) is 0 Å². The van der Waals surface area contributed by atoms with Crippen LogP contribution in [0.5, 0.6) is 0 Å². The number of hydrogen-bond acceptors (Lipinski definition) is 1. The fourth-order valence-corrected chi connectivity index (χ4v) is 5.95. The van der Waals surface area contributed by atoms with E-state index in [0.29, 0.717) is 17.4 Å². The van der Waals surface area contributed by atoms with Gasteiger partial charge in [-0.3, -0.25) is 4.79 Å². The van der Waals surface area contributed by atoms with E-state index >= 15 is 0 Å². The van der Waals surface area contributed by atoms with Crippen molar-refractivity contribution >= 4 is 5.91 Å². The van der Waals surface area contributed by atoms with Crippen LogP contribution >= 0.6 is 0 Å². The second-order valence-corrected chi connectivity index (χ2v) is 6.77. The quantitative estimate of drug-likeness (QED) is 0.663. The van der Waals surface area contributed by atoms with Gasteiger partial charge in [0.1, 0.15) is 0 Å². The molecule has 0 radical (unpaired) electrons. The van der Waals surface area contributed by atoms with Gasteiger partial charge in [0.25, 0.3) is 0 Å². The smallest absolute Gasteiger partial charge is 0.223 e. The zero-order valence-corrected chi connectivity index (χ0v) is 10.1. The van der Waals surface area contributed by atoms with Crippen molar-refractivity contribution in [2.45, 2.75) is 51.5 Å². The summed E-state index contributed by atoms with van der Waals surface area (Å²) in [5, 5.41) is 0. The third-order valence-corrected chi connectivity index (χ3v) is 5.90. The molecule has 1 saturated heterocycles. The highest BCUT2D eigenvalue weighted by Crippen LogP contribution is 2.64. The predicted octanol–water partition coefficient (Wildman–Crippen LogP) is 2.43. The number of amides is 1. The van der Waals surface area contributed by atoms with Gasteiger partial charge in [0.2, 0.25) is 5.91 Å². The zero-order chi connectivity index (χ0) is 10.9. The van der Waals surface area contributed by atoms with Crippen LogP contribution in [0.2, 0.25) is 0 Å². The van der Waals surface area contributed by atoms with Gasteiger partial charge >= 0.3 is 0 Å². The van der Waals surface area contributed by atoms with Crippen LogP contribution < -0.4 is 0 Å². The highest BCUT2D eigenvalue weighted by molar-refractivity contribution is 5.80. The van der Waals surface area contributed by atoms with Gasteiger partial charge in [-0.25, -0.2) is 0 Å². The summed E-state index contributed by atoms with van der Waals surface area (Å²) in [5.41, 5.74) is 0.432. The molecule has 3 unspecified atom stereocenters. The first-order valence-corrected chi connectivity index (χ1v) is 7.01. The van der Waals surface area contributed by atoms with Crippen molar-refractivity contribution in [2.75, 3.05) is 6.54 Å². The molecule has 16 heavy (non-hydrogen) atoms. The highest BCUT2D eigenvalue weighted by atomic mass is 16.2. The Morgan fingerprint density at radius 1 is 1.25 bits per heavy atom. The molecule has 5 fully saturated rings. The molecule has 1 amide bonds. The van der Waals surface area contributed by atoms with Gasteiger partial charge in [-0.2, -0.15) is 0 Å². The molecule has 88 valence electrons. The lowest BCUT2D eigenvalue weighted by atomic mass is 9.47. The average molecular weight is 219 g/mol. The van der Waals surface area contributed by atoms with Gasteiger partial charge in [0, 0.05) is 24.4 Å². The molecule has 0 N–H and O–H groups in total. The summed E-state index contributed by atoms with van der Waals surface area (Å²) in [4.78, 5) is 14.4. The molecule has 0 aromatic heterocycles. The summed E-state index contributed by atoms with van der Waals surface area (Å²) in [6, 6.07) is 0.637. The molecule has 3 atom stereocenters. The minimum Gasteiger partial charge on any atom is -0.339 e. The predicted molar refractivity (Wildman–Crippen MR) is 61.8 cm³/mol. The van der Waals surface area contributed by atoms with Crippen LogP contribution in [-0.2, 0) is 4.79 Å². The number of likely N-dealkylation sites (tertiary alicyclic amines) is 1. The van der Waals surface area contributed by atoms with Crippen LogP contribution in [0.1, 0.15) is 45.4 Å². The lowest BCUT2D eigenvalue weighted by molar-refractivity contribution is -0.131. The second kappa shape index (κ2) is 2.83. The van der Waals surface area contributed by atoms with Gasteiger partial charge in [-0.15, -0.1) is 0 Å². The normalized spacial score (nSPS) is 53.6. The molecule has 0 aromatic carbocycles. The van der Waals surface area contributed by atoms with Gasteiger partial charge in [-0.05, 0) is 56.8 Å². The number of hydrogen-bond donors (Lipinski definition) is 0. The van der Waals surface area contributed by atoms with E-state index in [2.05, 4.69) is 11.8 Å². The Hall–Kier alpha value is -0.530. The van der Waals surface area contributed by atoms with E-state index < -0.39 is 0 Å². The average Bonchev–Trinajstić information content (AvgIpc) is 2.48. The zero-order valence-electron chi connectivity index (χ0n) is 10.1. The van der Waals surface area contributed by atoms with Crippen LogP contribution in [-0.4, -0.2) is 23.4 Å². The number of carbonyl (C=O) groups is 1. The van der Waals surface area contributed by atoms with E-state index in [9.17, 15) is 4.79 Å². The molecule has 1 aliphatic heterocycles. The van der Waals surface area contributed by atoms with Crippen molar-refractivity contribution in [3.05, 3.63) is 0 Å². The van der Waals surface area contributed by atoms with Crippen LogP contribution in [0, 0.1) is 23.2 Å². The fourth-order valence-electron chi connectivity index (χ4n) is 5.95. The first-order valence-electron chi connectivity index (χ1n) is 7.01. The Balaban J connectivity index is 1.78. The lowest BCUT2D eigenvalue weighted by Gasteiger charge is -2.59. The lowest BCUT2D eigenvalue weighted by Crippen LogP contribution is -2.57. The number of nitrogens with zero attached hydrogens (tertiary/aromatic N) is 1. The molecular weight excluding hydrogens is 198 g/mol. The summed E-state index contributed by atoms with van der Waals surface area (Å²) in [6.45, 7) is 3.10. The largest absolute Gasteiger partial charge is 0.339 e. The van der Waals surface area contributed by atoms with Crippen molar-refractivity contribution in [3.63, 3.8) is 0 Å². The van der Waals surface area contributed by atoms with Crippen molar-refractivity contribution in [3.8, 4) is 0 Å². The number of carbonyl (C=O) groups excluding carboxylic acids is 1. The van der Waals surface area contributed by atoms with E-state index in [1.54, 1.807) is 0 Å². The third kappa shape index (κ3) is 0.970. The Labute approximate surface area is 97.4 Å². The van der Waals surface area contributed by atoms with Crippen LogP contribution in [0.15, 0.2) is 0 Å². The first-order chi connectivity index (χ1) is 7.72. The summed E-state index contributed by atoms with van der Waals surface area (Å²) >= 11 is 0. The van der Waals surface area contributed by atoms with Crippen LogP contribution in [0.3, 0.4) is 0 Å². The maximum Gasteiger partial charge on any atom is 0.223 e. The molecule has 4 bridgehead atoms. The number of rotatable bonds is 1. The molecule has 0 aromatic rings. The summed E-state index contributed by atoms with van der Waals surface area (Å²) < 4.78 is 0. The molecule has 1 spiro atoms. The van der Waals surface area contributed by atoms with E-state index in [0.717, 1.165) is 30.7 Å². The molecule has 5 aliphatic rings. The third-order valence-electron chi connectivity index (χ3n) is 5.90. The van der Waals surface area contributed by atoms with Crippen LogP contribution in [0.4, 0.5) is 0 Å². The summed E-state index contributed by atoms with van der Waals surface area (Å²) in [6.07, 6.45) is 7.94. The molecular formula is C14H21NO. The molecule has 2 nitrogen and oxygen atoms in total. The van der Waals surface area contributed by atoms with Gasteiger partial charge in [-0.1, -0.05) is 0 Å². The van der Waals surface area contributed by atoms with E-state index in [4.69, 9.17) is 0 Å². The molecule has 5 rings (SSSR count). The van der Waals surface area contributed by atoms with Gasteiger partial charge < -0.3 is 4.90 Å². The summed E-state index contributed by atoms with van der Waals surface area (Å²) in [7, 11) is 0. The van der Waals surface area contributed by atoms with E-state index in [-0.39, 0.29) is 0 Å². The SMILES string of the molecule is CCN1C(=O)CC23CC4CC(CC(C4)C12)C3. The second-order valence-electron chi connectivity index (χ2n) is 6.77. The minimum absolute atomic E-state index is 0.432.